The summed E-state index contributed by atoms with van der Waals surface area (Å²) < 4.78 is 6.04. The highest BCUT2D eigenvalue weighted by Gasteiger charge is 2.28. The zero-order valence-electron chi connectivity index (χ0n) is 11.9. The zero-order chi connectivity index (χ0) is 15.2. The number of pyridine rings is 1. The molecule has 0 aliphatic heterocycles. The van der Waals surface area contributed by atoms with Gasteiger partial charge in [-0.3, -0.25) is 4.98 Å². The molecule has 6 nitrogen and oxygen atoms in total. The smallest absolute Gasteiger partial charge is 0.226 e. The number of hydrogen-bond acceptors (Lipinski definition) is 6. The van der Waals surface area contributed by atoms with Crippen molar-refractivity contribution in [2.75, 3.05) is 5.73 Å². The Bertz CT molecular complexity index is 822. The number of rotatable bonds is 1. The molecule has 0 aromatic carbocycles. The normalized spacial score (nSPS) is 12.0. The summed E-state index contributed by atoms with van der Waals surface area (Å²) in [5, 5.41) is 4.08. The number of anilines is 1. The van der Waals surface area contributed by atoms with E-state index in [1.54, 1.807) is 6.20 Å². The van der Waals surface area contributed by atoms with Crippen LogP contribution in [0.1, 0.15) is 26.3 Å². The Balaban J connectivity index is 2.32. The van der Waals surface area contributed by atoms with Crippen molar-refractivity contribution in [3.8, 4) is 11.4 Å². The fourth-order valence-electron chi connectivity index (χ4n) is 2.28. The van der Waals surface area contributed by atoms with Gasteiger partial charge < -0.3 is 10.3 Å². The van der Waals surface area contributed by atoms with E-state index in [2.05, 4.69) is 36.0 Å². The van der Waals surface area contributed by atoms with Gasteiger partial charge in [-0.15, -0.1) is 0 Å². The molecular weight excluding hydrogens is 334 g/mol. The van der Waals surface area contributed by atoms with Gasteiger partial charge in [-0.05, 0) is 27.4 Å². The minimum atomic E-state index is -0.216. The molecule has 0 radical (unpaired) electrons. The molecule has 3 aromatic heterocycles. The second-order valence-electron chi connectivity index (χ2n) is 5.76. The van der Waals surface area contributed by atoms with Crippen molar-refractivity contribution in [1.82, 2.24) is 20.1 Å². The van der Waals surface area contributed by atoms with Crippen LogP contribution in [0.5, 0.6) is 0 Å². The third-order valence-corrected chi connectivity index (χ3v) is 3.57. The fourth-order valence-corrected chi connectivity index (χ4v) is 2.60. The molecule has 0 amide bonds. The molecule has 21 heavy (non-hydrogen) atoms. The highest BCUT2D eigenvalue weighted by Crippen LogP contribution is 2.37. The van der Waals surface area contributed by atoms with Gasteiger partial charge in [-0.25, -0.2) is 9.97 Å². The van der Waals surface area contributed by atoms with E-state index in [-0.39, 0.29) is 5.41 Å². The molecule has 0 bridgehead atoms. The molecule has 0 aliphatic rings. The summed E-state index contributed by atoms with van der Waals surface area (Å²) in [6.45, 7) is 6.15. The molecule has 0 unspecified atom stereocenters. The number of nitrogen functional groups attached to an aromatic ring is 1. The van der Waals surface area contributed by atoms with Crippen molar-refractivity contribution in [3.63, 3.8) is 0 Å². The molecular formula is C14H14BrN5O. The average molecular weight is 348 g/mol. The molecule has 0 aliphatic carbocycles. The minimum Gasteiger partial charge on any atom is -0.367 e. The van der Waals surface area contributed by atoms with Crippen molar-refractivity contribution < 1.29 is 4.52 Å². The van der Waals surface area contributed by atoms with E-state index in [0.717, 1.165) is 15.6 Å². The summed E-state index contributed by atoms with van der Waals surface area (Å²) in [6.07, 6.45) is 3.19. The van der Waals surface area contributed by atoms with Crippen LogP contribution in [0.15, 0.2) is 27.6 Å². The van der Waals surface area contributed by atoms with Crippen LogP contribution in [0.25, 0.3) is 22.4 Å². The maximum Gasteiger partial charge on any atom is 0.226 e. The Kier molecular flexibility index (Phi) is 3.16. The largest absolute Gasteiger partial charge is 0.367 e. The van der Waals surface area contributed by atoms with E-state index in [4.69, 9.17) is 10.3 Å². The van der Waals surface area contributed by atoms with Gasteiger partial charge in [0.1, 0.15) is 23.2 Å². The predicted octanol–water partition coefficient (Wildman–Crippen LogP) is 3.32. The Morgan fingerprint density at radius 1 is 1.14 bits per heavy atom. The maximum absolute atomic E-state index is 5.93. The van der Waals surface area contributed by atoms with Crippen molar-refractivity contribution in [2.24, 2.45) is 0 Å². The summed E-state index contributed by atoms with van der Waals surface area (Å²) in [6, 6.07) is 1.88. The van der Waals surface area contributed by atoms with Gasteiger partial charge in [-0.1, -0.05) is 25.9 Å². The van der Waals surface area contributed by atoms with E-state index < -0.39 is 0 Å². The topological polar surface area (TPSA) is 90.7 Å². The molecule has 2 N–H and O–H groups in total. The molecule has 3 rings (SSSR count). The molecule has 0 atom stereocenters. The van der Waals surface area contributed by atoms with Gasteiger partial charge in [0.15, 0.2) is 0 Å². The SMILES string of the molecule is CC(C)(C)c1c(-c2ncnc3cc(Br)cnc23)noc1N. The lowest BCUT2D eigenvalue weighted by molar-refractivity contribution is 0.436. The van der Waals surface area contributed by atoms with Crippen LogP contribution in [0.3, 0.4) is 0 Å². The molecule has 0 saturated heterocycles. The van der Waals surface area contributed by atoms with E-state index >= 15 is 0 Å². The second-order valence-corrected chi connectivity index (χ2v) is 6.68. The highest BCUT2D eigenvalue weighted by molar-refractivity contribution is 9.10. The van der Waals surface area contributed by atoms with Gasteiger partial charge in [0.25, 0.3) is 0 Å². The van der Waals surface area contributed by atoms with Gasteiger partial charge in [0, 0.05) is 10.7 Å². The van der Waals surface area contributed by atoms with Gasteiger partial charge >= 0.3 is 0 Å². The van der Waals surface area contributed by atoms with Crippen LogP contribution in [-0.2, 0) is 5.41 Å². The van der Waals surface area contributed by atoms with Crippen LogP contribution >= 0.6 is 15.9 Å². The van der Waals surface area contributed by atoms with Crippen molar-refractivity contribution >= 4 is 32.8 Å². The highest BCUT2D eigenvalue weighted by atomic mass is 79.9. The van der Waals surface area contributed by atoms with Gasteiger partial charge in [0.2, 0.25) is 5.88 Å². The first kappa shape index (κ1) is 13.9. The number of nitrogens with two attached hydrogens (primary N) is 1. The molecule has 108 valence electrons. The number of halogens is 1. The lowest BCUT2D eigenvalue weighted by atomic mass is 9.86. The summed E-state index contributed by atoms with van der Waals surface area (Å²) >= 11 is 3.39. The fraction of sp³-hybridized carbons (Fsp3) is 0.286. The first-order valence-electron chi connectivity index (χ1n) is 6.40. The second kappa shape index (κ2) is 4.77. The van der Waals surface area contributed by atoms with Gasteiger partial charge in [-0.2, -0.15) is 0 Å². The lowest BCUT2D eigenvalue weighted by Crippen LogP contribution is -2.14. The number of fused-ring (bicyclic) bond motifs is 1. The number of aromatic nitrogens is 4. The van der Waals surface area contributed by atoms with Crippen molar-refractivity contribution in [2.45, 2.75) is 26.2 Å². The summed E-state index contributed by atoms with van der Waals surface area (Å²) in [7, 11) is 0. The molecule has 3 aromatic rings. The van der Waals surface area contributed by atoms with E-state index in [0.29, 0.717) is 22.8 Å². The standard InChI is InChI=1S/C14H14BrN5O/c1-14(2,3)9-11(20-21-13(9)16)12-10-8(18-6-19-12)4-7(15)5-17-10/h4-6H,16H2,1-3H3. The molecule has 0 saturated carbocycles. The Labute approximate surface area is 129 Å². The van der Waals surface area contributed by atoms with Crippen LogP contribution in [-0.4, -0.2) is 20.1 Å². The quantitative estimate of drug-likeness (QED) is 0.725. The zero-order valence-corrected chi connectivity index (χ0v) is 13.5. The third kappa shape index (κ3) is 2.37. The molecule has 3 heterocycles. The van der Waals surface area contributed by atoms with Crippen LogP contribution < -0.4 is 5.73 Å². The monoisotopic (exact) mass is 347 g/mol. The average Bonchev–Trinajstić information content (AvgIpc) is 2.79. The first-order valence-corrected chi connectivity index (χ1v) is 7.19. The van der Waals surface area contributed by atoms with E-state index in [1.165, 1.54) is 6.33 Å². The predicted molar refractivity (Wildman–Crippen MR) is 83.6 cm³/mol. The molecule has 0 fully saturated rings. The summed E-state index contributed by atoms with van der Waals surface area (Å²) in [5.41, 5.74) is 9.18. The van der Waals surface area contributed by atoms with Crippen molar-refractivity contribution in [3.05, 3.63) is 28.6 Å². The molecule has 0 spiro atoms. The number of hydrogen-bond donors (Lipinski definition) is 1. The van der Waals surface area contributed by atoms with E-state index in [9.17, 15) is 0 Å². The third-order valence-electron chi connectivity index (χ3n) is 3.13. The summed E-state index contributed by atoms with van der Waals surface area (Å²) in [4.78, 5) is 13.0. The Morgan fingerprint density at radius 3 is 2.62 bits per heavy atom. The maximum atomic E-state index is 5.93. The molecule has 7 heteroatoms. The first-order chi connectivity index (χ1) is 9.88. The Morgan fingerprint density at radius 2 is 1.90 bits per heavy atom. The summed E-state index contributed by atoms with van der Waals surface area (Å²) in [5.74, 6) is 0.307. The minimum absolute atomic E-state index is 0.216. The lowest BCUT2D eigenvalue weighted by Gasteiger charge is -2.18. The number of nitrogens with zero attached hydrogens (tertiary/aromatic N) is 4. The van der Waals surface area contributed by atoms with Crippen LogP contribution in [0.4, 0.5) is 5.88 Å². The van der Waals surface area contributed by atoms with E-state index in [1.807, 2.05) is 26.8 Å². The van der Waals surface area contributed by atoms with Crippen LogP contribution in [0.2, 0.25) is 0 Å². The van der Waals surface area contributed by atoms with Crippen molar-refractivity contribution in [1.29, 1.82) is 0 Å². The van der Waals surface area contributed by atoms with Crippen LogP contribution in [0, 0.1) is 0 Å². The van der Waals surface area contributed by atoms with Gasteiger partial charge in [0.05, 0.1) is 11.1 Å². The Hall–Kier alpha value is -2.02.